The molecule has 0 radical (unpaired) electrons. The SMILES string of the molecule is O=C(O)c1cccc(Nc2cc(N3CCC[C@@H](C(=O)NCCCOCCCNc4ccc([N+](=O)[O-])cc4[N+](=O)[O-])C3)c3noc4c3c2C(=O)c2ccccc2-4)c1. The van der Waals surface area contributed by atoms with Gasteiger partial charge in [0.05, 0.1) is 49.7 Å². The van der Waals surface area contributed by atoms with Crippen molar-refractivity contribution in [2.45, 2.75) is 25.7 Å². The van der Waals surface area contributed by atoms with E-state index < -0.39 is 15.8 Å². The summed E-state index contributed by atoms with van der Waals surface area (Å²) in [7, 11) is 0. The maximum absolute atomic E-state index is 14.0. The summed E-state index contributed by atoms with van der Waals surface area (Å²) in [6.45, 7) is 2.56. The normalized spacial score (nSPS) is 14.6. The zero-order chi connectivity index (χ0) is 39.3. The highest BCUT2D eigenvalue weighted by Gasteiger charge is 2.35. The first-order valence-corrected chi connectivity index (χ1v) is 18.1. The Bertz CT molecular complexity index is 2360. The predicted molar refractivity (Wildman–Crippen MR) is 206 cm³/mol. The van der Waals surface area contributed by atoms with E-state index >= 15 is 0 Å². The fraction of sp³-hybridized carbons (Fsp3) is 0.282. The summed E-state index contributed by atoms with van der Waals surface area (Å²) in [6, 6.07) is 18.8. The fourth-order valence-electron chi connectivity index (χ4n) is 7.14. The Morgan fingerprint density at radius 2 is 1.73 bits per heavy atom. The molecule has 4 N–H and O–H groups in total. The number of carbonyl (C=O) groups is 3. The second-order valence-electron chi connectivity index (χ2n) is 13.5. The molecule has 1 fully saturated rings. The predicted octanol–water partition coefficient (Wildman–Crippen LogP) is 6.54. The number of aromatic nitrogens is 1. The van der Waals surface area contributed by atoms with E-state index in [0.29, 0.717) is 109 Å². The van der Waals surface area contributed by atoms with Crippen LogP contribution in [0, 0.1) is 26.1 Å². The second-order valence-corrected chi connectivity index (χ2v) is 13.5. The van der Waals surface area contributed by atoms with Crippen molar-refractivity contribution in [2.75, 3.05) is 54.9 Å². The minimum Gasteiger partial charge on any atom is -0.478 e. The van der Waals surface area contributed by atoms with Gasteiger partial charge in [-0.2, -0.15) is 0 Å². The van der Waals surface area contributed by atoms with Crippen LogP contribution in [0.5, 0.6) is 0 Å². The Kier molecular flexibility index (Phi) is 10.9. The topological polar surface area (TPSA) is 232 Å². The minimum absolute atomic E-state index is 0.0907. The fourth-order valence-corrected chi connectivity index (χ4v) is 7.14. The number of non-ortho nitro benzene ring substituents is 1. The van der Waals surface area contributed by atoms with E-state index in [9.17, 15) is 39.7 Å². The zero-order valence-electron chi connectivity index (χ0n) is 30.0. The van der Waals surface area contributed by atoms with Crippen LogP contribution < -0.4 is 20.9 Å². The highest BCUT2D eigenvalue weighted by molar-refractivity contribution is 6.29. The van der Waals surface area contributed by atoms with Gasteiger partial charge in [-0.1, -0.05) is 35.5 Å². The molecule has 2 aliphatic rings. The molecule has 0 saturated carbocycles. The van der Waals surface area contributed by atoms with Crippen LogP contribution in [0.15, 0.2) is 77.3 Å². The number of rotatable bonds is 16. The molecule has 5 aromatic rings. The highest BCUT2D eigenvalue weighted by atomic mass is 16.6. The molecule has 0 unspecified atom stereocenters. The van der Waals surface area contributed by atoms with E-state index in [0.717, 1.165) is 12.5 Å². The van der Waals surface area contributed by atoms with Gasteiger partial charge in [-0.25, -0.2) is 4.79 Å². The number of piperidine rings is 1. The second kappa shape index (κ2) is 16.2. The molecule has 288 valence electrons. The molecule has 1 amide bonds. The van der Waals surface area contributed by atoms with Crippen molar-refractivity contribution in [2.24, 2.45) is 5.92 Å². The molecule has 4 aromatic carbocycles. The van der Waals surface area contributed by atoms with Gasteiger partial charge >= 0.3 is 5.97 Å². The molecule has 1 atom stereocenters. The molecule has 17 nitrogen and oxygen atoms in total. The minimum atomic E-state index is -1.08. The van der Waals surface area contributed by atoms with Crippen molar-refractivity contribution >= 4 is 62.7 Å². The molecular formula is C39H37N7O10. The van der Waals surface area contributed by atoms with Gasteiger partial charge in [0.2, 0.25) is 5.91 Å². The van der Waals surface area contributed by atoms with Gasteiger partial charge in [0, 0.05) is 62.3 Å². The number of anilines is 4. The highest BCUT2D eigenvalue weighted by Crippen LogP contribution is 2.47. The lowest BCUT2D eigenvalue weighted by atomic mass is 9.86. The molecule has 0 bridgehead atoms. The summed E-state index contributed by atoms with van der Waals surface area (Å²) in [5.74, 6) is -1.24. The summed E-state index contributed by atoms with van der Waals surface area (Å²) in [5, 5.41) is 46.1. The van der Waals surface area contributed by atoms with Crippen molar-refractivity contribution in [3.05, 3.63) is 110 Å². The summed E-state index contributed by atoms with van der Waals surface area (Å²) in [6.07, 6.45) is 2.52. The number of ether oxygens (including phenoxy) is 1. The maximum atomic E-state index is 14.0. The van der Waals surface area contributed by atoms with E-state index in [1.54, 1.807) is 24.3 Å². The molecule has 2 heterocycles. The lowest BCUT2D eigenvalue weighted by molar-refractivity contribution is -0.393. The number of nitrogens with one attached hydrogen (secondary N) is 3. The number of nitrogens with zero attached hydrogens (tertiary/aromatic N) is 4. The molecule has 1 aliphatic heterocycles. The van der Waals surface area contributed by atoms with Crippen LogP contribution in [0.2, 0.25) is 0 Å². The molecule has 17 heteroatoms. The number of nitro groups is 2. The van der Waals surface area contributed by atoms with Crippen LogP contribution in [0.3, 0.4) is 0 Å². The Morgan fingerprint density at radius 1 is 0.946 bits per heavy atom. The molecule has 1 aliphatic carbocycles. The van der Waals surface area contributed by atoms with E-state index in [2.05, 4.69) is 26.0 Å². The van der Waals surface area contributed by atoms with E-state index in [1.807, 2.05) is 18.2 Å². The number of aromatic carboxylic acids is 1. The summed E-state index contributed by atoms with van der Waals surface area (Å²) in [5.41, 5.74) is 3.16. The number of fused-ring (bicyclic) bond motifs is 2. The zero-order valence-corrected chi connectivity index (χ0v) is 30.0. The number of ketones is 1. The monoisotopic (exact) mass is 763 g/mol. The molecule has 1 aromatic heterocycles. The van der Waals surface area contributed by atoms with Crippen molar-refractivity contribution in [1.29, 1.82) is 0 Å². The lowest BCUT2D eigenvalue weighted by Crippen LogP contribution is -2.43. The number of carboxylic acids is 1. The first-order valence-electron chi connectivity index (χ1n) is 18.1. The van der Waals surface area contributed by atoms with Crippen LogP contribution in [0.4, 0.5) is 34.1 Å². The Hall–Kier alpha value is -6.88. The molecule has 7 rings (SSSR count). The number of nitro benzene ring substituents is 2. The average molecular weight is 764 g/mol. The third kappa shape index (κ3) is 7.70. The molecule has 0 spiro atoms. The number of benzene rings is 4. The van der Waals surface area contributed by atoms with Crippen LogP contribution in [-0.4, -0.2) is 77.2 Å². The third-order valence-electron chi connectivity index (χ3n) is 9.83. The van der Waals surface area contributed by atoms with Crippen molar-refractivity contribution < 1.29 is 38.6 Å². The van der Waals surface area contributed by atoms with Gasteiger partial charge in [-0.3, -0.25) is 29.8 Å². The van der Waals surface area contributed by atoms with E-state index in [-0.39, 0.29) is 40.2 Å². The van der Waals surface area contributed by atoms with Crippen molar-refractivity contribution in [3.63, 3.8) is 0 Å². The summed E-state index contributed by atoms with van der Waals surface area (Å²) >= 11 is 0. The van der Waals surface area contributed by atoms with Crippen molar-refractivity contribution in [1.82, 2.24) is 10.5 Å². The average Bonchev–Trinajstić information content (AvgIpc) is 3.64. The number of carboxylic acid groups (broad SMARTS) is 1. The Morgan fingerprint density at radius 3 is 2.50 bits per heavy atom. The van der Waals surface area contributed by atoms with Gasteiger partial charge in [-0.15, -0.1) is 0 Å². The van der Waals surface area contributed by atoms with Gasteiger partial charge in [0.1, 0.15) is 11.2 Å². The number of hydrogen-bond donors (Lipinski definition) is 4. The Labute approximate surface area is 318 Å². The first-order chi connectivity index (χ1) is 27.1. The number of amides is 1. The Balaban J connectivity index is 0.969. The van der Waals surface area contributed by atoms with Crippen LogP contribution in [-0.2, 0) is 9.53 Å². The molecule has 1 saturated heterocycles. The largest absolute Gasteiger partial charge is 0.478 e. The maximum Gasteiger partial charge on any atom is 0.335 e. The lowest BCUT2D eigenvalue weighted by Gasteiger charge is -2.34. The number of carbonyl (C=O) groups excluding carboxylic acids is 2. The van der Waals surface area contributed by atoms with Crippen molar-refractivity contribution in [3.8, 4) is 11.3 Å². The summed E-state index contributed by atoms with van der Waals surface area (Å²) < 4.78 is 11.6. The van der Waals surface area contributed by atoms with E-state index in [1.165, 1.54) is 24.3 Å². The summed E-state index contributed by atoms with van der Waals surface area (Å²) in [4.78, 5) is 62.1. The van der Waals surface area contributed by atoms with Gasteiger partial charge in [0.25, 0.3) is 11.4 Å². The molecule has 56 heavy (non-hydrogen) atoms. The third-order valence-corrected chi connectivity index (χ3v) is 9.83. The van der Waals surface area contributed by atoms with E-state index in [4.69, 9.17) is 9.26 Å². The van der Waals surface area contributed by atoms with Crippen LogP contribution >= 0.6 is 0 Å². The van der Waals surface area contributed by atoms with Gasteiger partial charge in [0.15, 0.2) is 11.5 Å². The molecular weight excluding hydrogens is 726 g/mol. The smallest absolute Gasteiger partial charge is 0.335 e. The van der Waals surface area contributed by atoms with Gasteiger partial charge in [-0.05, 0) is 56.0 Å². The number of hydrogen-bond acceptors (Lipinski definition) is 13. The van der Waals surface area contributed by atoms with Gasteiger partial charge < -0.3 is 35.2 Å². The quantitative estimate of drug-likeness (QED) is 0.0466. The first kappa shape index (κ1) is 37.4. The van der Waals surface area contributed by atoms with Crippen LogP contribution in [0.25, 0.3) is 22.2 Å². The standard InChI is InChI=1S/C39H37N7O10/c47-36-27-10-1-2-11-28(27)37-34-33(36)30(42-25-9-3-7-23(19-25)39(49)50)21-32(35(34)43-56-37)44-16-4-8-24(22-44)38(48)41-15-6-18-55-17-5-14-40-29-13-12-26(45(51)52)20-31(29)46(53)54/h1-3,7,9-13,19-21,24,40,42H,4-6,8,14-18,22H2,(H,41,48)(H,49,50)/t24-/m1/s1. The van der Waals surface area contributed by atoms with Crippen LogP contribution in [0.1, 0.15) is 52.0 Å².